The third kappa shape index (κ3) is 5.67. The van der Waals surface area contributed by atoms with Crippen LogP contribution in [0.5, 0.6) is 0 Å². The zero-order valence-electron chi connectivity index (χ0n) is 17.1. The second kappa shape index (κ2) is 11.1. The van der Waals surface area contributed by atoms with E-state index in [0.29, 0.717) is 32.4 Å². The lowest BCUT2D eigenvalue weighted by atomic mass is 9.92. The minimum atomic E-state index is -1.30. The summed E-state index contributed by atoms with van der Waals surface area (Å²) in [5, 5.41) is 44.2. The summed E-state index contributed by atoms with van der Waals surface area (Å²) in [5.74, 6) is -0.144. The summed E-state index contributed by atoms with van der Waals surface area (Å²) < 4.78 is 28.9. The number of carbonyl (C=O) groups excluding carboxylic acids is 1. The van der Waals surface area contributed by atoms with Crippen LogP contribution in [0.2, 0.25) is 0 Å². The van der Waals surface area contributed by atoms with Crippen molar-refractivity contribution in [3.63, 3.8) is 0 Å². The van der Waals surface area contributed by atoms with Crippen LogP contribution in [0.3, 0.4) is 0 Å². The SMILES string of the molecule is CC(=O)NCCCO[C@H]1C2OC[C@@H](OCCC[C@H]3O[C@H](CO)[C@@H](O2)[C@H](O)[C@H]3O)[C@@H]1O. The molecule has 6 heterocycles. The maximum Gasteiger partial charge on any atom is 0.216 e. The molecule has 0 aromatic rings. The Labute approximate surface area is 175 Å². The summed E-state index contributed by atoms with van der Waals surface area (Å²) in [7, 11) is 0. The molecule has 11 heteroatoms. The van der Waals surface area contributed by atoms with E-state index in [2.05, 4.69) is 5.32 Å². The number of aliphatic hydroxyl groups is 4. The molecular weight excluding hydrogens is 402 g/mol. The predicted molar refractivity (Wildman–Crippen MR) is 100 cm³/mol. The van der Waals surface area contributed by atoms with Crippen molar-refractivity contribution in [1.82, 2.24) is 5.32 Å². The Morgan fingerprint density at radius 1 is 1.10 bits per heavy atom. The van der Waals surface area contributed by atoms with Gasteiger partial charge in [0, 0.05) is 26.7 Å². The van der Waals surface area contributed by atoms with Crippen molar-refractivity contribution in [1.29, 1.82) is 0 Å². The first kappa shape index (κ1) is 23.8. The molecule has 0 spiro atoms. The van der Waals surface area contributed by atoms with Gasteiger partial charge in [-0.05, 0) is 19.3 Å². The summed E-state index contributed by atoms with van der Waals surface area (Å²) >= 11 is 0. The molecule has 0 radical (unpaired) electrons. The van der Waals surface area contributed by atoms with Gasteiger partial charge in [-0.15, -0.1) is 0 Å². The van der Waals surface area contributed by atoms with Gasteiger partial charge in [0.25, 0.3) is 0 Å². The molecule has 6 rings (SSSR count). The van der Waals surface area contributed by atoms with Gasteiger partial charge in [-0.1, -0.05) is 0 Å². The minimum Gasteiger partial charge on any atom is -0.394 e. The zero-order valence-corrected chi connectivity index (χ0v) is 17.1. The van der Waals surface area contributed by atoms with Crippen molar-refractivity contribution >= 4 is 5.91 Å². The van der Waals surface area contributed by atoms with Gasteiger partial charge in [-0.2, -0.15) is 0 Å². The molecule has 9 atom stereocenters. The maximum atomic E-state index is 11.0. The fourth-order valence-corrected chi connectivity index (χ4v) is 4.00. The Morgan fingerprint density at radius 2 is 1.90 bits per heavy atom. The van der Waals surface area contributed by atoms with E-state index in [9.17, 15) is 25.2 Å². The third-order valence-electron chi connectivity index (χ3n) is 5.64. The van der Waals surface area contributed by atoms with Gasteiger partial charge in [0.05, 0.1) is 19.3 Å². The van der Waals surface area contributed by atoms with Crippen molar-refractivity contribution in [2.45, 2.75) is 81.3 Å². The molecule has 0 aromatic carbocycles. The van der Waals surface area contributed by atoms with Gasteiger partial charge in [-0.25, -0.2) is 0 Å². The molecule has 0 saturated carbocycles. The van der Waals surface area contributed by atoms with Crippen LogP contribution in [0.25, 0.3) is 0 Å². The number of carbonyl (C=O) groups is 1. The Hall–Kier alpha value is -0.890. The molecule has 6 saturated heterocycles. The van der Waals surface area contributed by atoms with E-state index in [1.807, 2.05) is 0 Å². The number of rotatable bonds is 6. The minimum absolute atomic E-state index is 0.0665. The lowest BCUT2D eigenvalue weighted by molar-refractivity contribution is -0.330. The first-order valence-corrected chi connectivity index (χ1v) is 10.5. The standard InChI is InChI=1S/C19H33NO10/c1-10(22)20-5-3-7-27-18-15(24)13-9-28-19(18)30-17-12(8-21)29-11(4-2-6-26-13)14(23)16(17)25/h11-19,21,23-25H,2-9H2,1H3,(H,20,22)/t11-,12-,13-,14+,15+,16-,17-,18-,19?/m1/s1. The van der Waals surface area contributed by atoms with Crippen LogP contribution in [0.4, 0.5) is 0 Å². The Bertz CT molecular complexity index is 549. The molecule has 6 aliphatic rings. The monoisotopic (exact) mass is 435 g/mol. The van der Waals surface area contributed by atoms with Crippen molar-refractivity contribution < 1.29 is 48.9 Å². The van der Waals surface area contributed by atoms with Crippen molar-refractivity contribution in [3.8, 4) is 0 Å². The fraction of sp³-hybridized carbons (Fsp3) is 0.947. The highest BCUT2D eigenvalue weighted by molar-refractivity contribution is 5.72. The van der Waals surface area contributed by atoms with Crippen LogP contribution < -0.4 is 5.32 Å². The number of amides is 1. The van der Waals surface area contributed by atoms with Crippen LogP contribution in [0.1, 0.15) is 26.2 Å². The second-order valence-electron chi connectivity index (χ2n) is 7.89. The Balaban J connectivity index is 1.73. The molecule has 1 unspecified atom stereocenters. The van der Waals surface area contributed by atoms with E-state index < -0.39 is 61.7 Å². The van der Waals surface area contributed by atoms with Crippen molar-refractivity contribution in [2.24, 2.45) is 0 Å². The highest BCUT2D eigenvalue weighted by atomic mass is 16.7. The van der Waals surface area contributed by atoms with Crippen LogP contribution in [-0.4, -0.2) is 114 Å². The summed E-state index contributed by atoms with van der Waals surface area (Å²) in [4.78, 5) is 11.0. The lowest BCUT2D eigenvalue weighted by Gasteiger charge is -2.45. The number of hydrogen-bond donors (Lipinski definition) is 5. The average molecular weight is 435 g/mol. The fourth-order valence-electron chi connectivity index (χ4n) is 4.00. The van der Waals surface area contributed by atoms with Crippen LogP contribution in [0, 0.1) is 0 Å². The van der Waals surface area contributed by atoms with Crippen LogP contribution in [0.15, 0.2) is 0 Å². The molecule has 11 nitrogen and oxygen atoms in total. The number of aliphatic hydroxyl groups excluding tert-OH is 4. The van der Waals surface area contributed by atoms with Gasteiger partial charge in [0.1, 0.15) is 42.7 Å². The third-order valence-corrected chi connectivity index (χ3v) is 5.64. The Kier molecular flexibility index (Phi) is 8.81. The first-order valence-electron chi connectivity index (χ1n) is 10.5. The zero-order chi connectivity index (χ0) is 21.7. The smallest absolute Gasteiger partial charge is 0.216 e. The molecular formula is C19H33NO10. The average Bonchev–Trinajstić information content (AvgIpc) is 2.75. The van der Waals surface area contributed by atoms with E-state index in [0.717, 1.165) is 0 Å². The van der Waals surface area contributed by atoms with E-state index in [-0.39, 0.29) is 19.1 Å². The molecule has 1 amide bonds. The van der Waals surface area contributed by atoms with Gasteiger partial charge in [0.15, 0.2) is 6.29 Å². The molecule has 6 fully saturated rings. The highest BCUT2D eigenvalue weighted by Gasteiger charge is 2.49. The largest absolute Gasteiger partial charge is 0.394 e. The number of ether oxygens (including phenoxy) is 5. The lowest BCUT2D eigenvalue weighted by Crippen LogP contribution is -2.63. The summed E-state index contributed by atoms with van der Waals surface area (Å²) in [5.41, 5.74) is 0. The van der Waals surface area contributed by atoms with Gasteiger partial charge >= 0.3 is 0 Å². The number of nitrogens with one attached hydrogen (secondary N) is 1. The van der Waals surface area contributed by atoms with E-state index in [1.54, 1.807) is 0 Å². The summed E-state index contributed by atoms with van der Waals surface area (Å²) in [6, 6.07) is 0. The molecule has 30 heavy (non-hydrogen) atoms. The van der Waals surface area contributed by atoms with Gasteiger partial charge in [0.2, 0.25) is 5.91 Å². The maximum absolute atomic E-state index is 11.0. The summed E-state index contributed by atoms with van der Waals surface area (Å²) in [6.45, 7) is 2.00. The summed E-state index contributed by atoms with van der Waals surface area (Å²) in [6.07, 6.45) is -7.31. The van der Waals surface area contributed by atoms with E-state index in [1.165, 1.54) is 6.92 Å². The van der Waals surface area contributed by atoms with Crippen molar-refractivity contribution in [3.05, 3.63) is 0 Å². The molecule has 0 aromatic heterocycles. The van der Waals surface area contributed by atoms with Crippen molar-refractivity contribution in [2.75, 3.05) is 33.0 Å². The molecule has 174 valence electrons. The molecule has 5 N–H and O–H groups in total. The normalized spacial score (nSPS) is 42.2. The molecule has 0 aliphatic carbocycles. The second-order valence-corrected chi connectivity index (χ2v) is 7.89. The van der Waals surface area contributed by atoms with E-state index >= 15 is 0 Å². The topological polar surface area (TPSA) is 156 Å². The highest BCUT2D eigenvalue weighted by Crippen LogP contribution is 2.31. The number of hydrogen-bond acceptors (Lipinski definition) is 10. The Morgan fingerprint density at radius 3 is 2.63 bits per heavy atom. The molecule has 4 bridgehead atoms. The van der Waals surface area contributed by atoms with Crippen LogP contribution in [-0.2, 0) is 28.5 Å². The first-order chi connectivity index (χ1) is 14.4. The molecule has 6 aliphatic heterocycles. The predicted octanol–water partition coefficient (Wildman–Crippen LogP) is -2.34. The quantitative estimate of drug-likeness (QED) is 0.287. The van der Waals surface area contributed by atoms with Crippen LogP contribution >= 0.6 is 0 Å². The van der Waals surface area contributed by atoms with E-state index in [4.69, 9.17) is 23.7 Å². The van der Waals surface area contributed by atoms with Gasteiger partial charge in [-0.3, -0.25) is 4.79 Å². The van der Waals surface area contributed by atoms with Gasteiger partial charge < -0.3 is 49.4 Å².